The number of aryl methyl sites for hydroxylation is 1. The predicted molar refractivity (Wildman–Crippen MR) is 158 cm³/mol. The number of hydrogen-bond acceptors (Lipinski definition) is 6. The van der Waals surface area contributed by atoms with Gasteiger partial charge in [-0.25, -0.2) is 5.01 Å². The Kier molecular flexibility index (Phi) is 9.74. The minimum Gasteiger partial charge on any atom is -0.493 e. The fourth-order valence-electron chi connectivity index (χ4n) is 6.32. The van der Waals surface area contributed by atoms with Crippen molar-refractivity contribution in [3.63, 3.8) is 0 Å². The van der Waals surface area contributed by atoms with Crippen LogP contribution >= 0.6 is 12.4 Å². The summed E-state index contributed by atoms with van der Waals surface area (Å²) in [5, 5.41) is 6.76. The molecular weight excluding hydrogens is 528 g/mol. The van der Waals surface area contributed by atoms with E-state index in [0.29, 0.717) is 43.9 Å². The zero-order valence-electron chi connectivity index (χ0n) is 23.7. The van der Waals surface area contributed by atoms with E-state index in [1.807, 2.05) is 54.3 Å². The lowest BCUT2D eigenvalue weighted by molar-refractivity contribution is -0.143. The van der Waals surface area contributed by atoms with Crippen LogP contribution in [0.5, 0.6) is 11.5 Å². The van der Waals surface area contributed by atoms with Crippen LogP contribution in [0.2, 0.25) is 0 Å². The van der Waals surface area contributed by atoms with Gasteiger partial charge in [0.1, 0.15) is 0 Å². The maximum Gasteiger partial charge on any atom is 0.246 e. The number of ether oxygens (including phenoxy) is 2. The highest BCUT2D eigenvalue weighted by Gasteiger charge is 2.44. The maximum atomic E-state index is 13.7. The second kappa shape index (κ2) is 13.0. The average molecular weight is 569 g/mol. The maximum absolute atomic E-state index is 13.7. The molecule has 2 fully saturated rings. The summed E-state index contributed by atoms with van der Waals surface area (Å²) in [6, 6.07) is 13.4. The molecule has 1 saturated heterocycles. The number of piperidine rings is 1. The predicted octanol–water partition coefficient (Wildman–Crippen LogP) is 4.35. The Morgan fingerprint density at radius 2 is 1.62 bits per heavy atom. The zero-order chi connectivity index (χ0) is 27.5. The summed E-state index contributed by atoms with van der Waals surface area (Å²) >= 11 is 0. The molecule has 2 N–H and O–H groups in total. The van der Waals surface area contributed by atoms with Gasteiger partial charge in [0, 0.05) is 30.5 Å². The number of carbonyl (C=O) groups is 2. The number of nitrogens with zero attached hydrogens (tertiary/aromatic N) is 3. The lowest BCUT2D eigenvalue weighted by Crippen LogP contribution is -2.54. The smallest absolute Gasteiger partial charge is 0.246 e. The van der Waals surface area contributed by atoms with E-state index in [9.17, 15) is 9.59 Å². The molecule has 8 nitrogen and oxygen atoms in total. The largest absolute Gasteiger partial charge is 0.493 e. The third-order valence-corrected chi connectivity index (χ3v) is 8.57. The van der Waals surface area contributed by atoms with Crippen molar-refractivity contribution in [2.24, 2.45) is 22.7 Å². The van der Waals surface area contributed by atoms with Crippen molar-refractivity contribution in [3.8, 4) is 11.5 Å². The van der Waals surface area contributed by atoms with Crippen LogP contribution in [0, 0.1) is 18.8 Å². The number of methoxy groups -OCH3 is 2. The number of nitrogens with two attached hydrogens (primary N) is 1. The second-order valence-electron chi connectivity index (χ2n) is 11.1. The Morgan fingerprint density at radius 3 is 2.27 bits per heavy atom. The van der Waals surface area contributed by atoms with Crippen LogP contribution in [0.25, 0.3) is 0 Å². The van der Waals surface area contributed by atoms with Crippen molar-refractivity contribution in [1.29, 1.82) is 0 Å². The number of likely N-dealkylation sites (tertiary alicyclic amines) is 1. The summed E-state index contributed by atoms with van der Waals surface area (Å²) in [6.45, 7) is 3.19. The number of carbonyl (C=O) groups excluding carboxylic acids is 2. The molecule has 2 aromatic rings. The van der Waals surface area contributed by atoms with Crippen LogP contribution in [-0.4, -0.2) is 66.8 Å². The van der Waals surface area contributed by atoms with E-state index in [4.69, 9.17) is 20.3 Å². The number of hydrazone groups is 1. The molecule has 2 heterocycles. The number of fused-ring (bicyclic) bond motifs is 1. The Bertz CT molecular complexity index is 1230. The molecule has 0 aromatic heterocycles. The summed E-state index contributed by atoms with van der Waals surface area (Å²) in [5.74, 6) is 1.49. The average Bonchev–Trinajstić information content (AvgIpc) is 2.98. The van der Waals surface area contributed by atoms with Crippen LogP contribution in [0.1, 0.15) is 55.2 Å². The molecule has 0 radical (unpaired) electrons. The molecule has 1 aliphatic carbocycles. The molecule has 2 aliphatic heterocycles. The summed E-state index contributed by atoms with van der Waals surface area (Å²) in [5.41, 5.74) is 10.5. The molecule has 5 rings (SSSR count). The molecule has 9 heteroatoms. The monoisotopic (exact) mass is 568 g/mol. The van der Waals surface area contributed by atoms with Gasteiger partial charge in [0.15, 0.2) is 11.5 Å². The molecule has 40 heavy (non-hydrogen) atoms. The lowest BCUT2D eigenvalue weighted by atomic mass is 9.73. The quantitative estimate of drug-likeness (QED) is 0.535. The van der Waals surface area contributed by atoms with Gasteiger partial charge in [0.2, 0.25) is 11.8 Å². The highest BCUT2D eigenvalue weighted by atomic mass is 35.5. The Hall–Kier alpha value is -3.10. The van der Waals surface area contributed by atoms with E-state index >= 15 is 0 Å². The normalized spacial score (nSPS) is 22.1. The van der Waals surface area contributed by atoms with E-state index < -0.39 is 6.04 Å². The first-order valence-corrected chi connectivity index (χ1v) is 14.1. The van der Waals surface area contributed by atoms with Crippen LogP contribution in [0.4, 0.5) is 0 Å². The van der Waals surface area contributed by atoms with Crippen molar-refractivity contribution in [2.45, 2.75) is 64.0 Å². The third-order valence-electron chi connectivity index (χ3n) is 8.57. The second-order valence-corrected chi connectivity index (χ2v) is 11.1. The minimum absolute atomic E-state index is 0. The van der Waals surface area contributed by atoms with Crippen molar-refractivity contribution in [3.05, 3.63) is 59.2 Å². The van der Waals surface area contributed by atoms with Gasteiger partial charge < -0.3 is 20.1 Å². The van der Waals surface area contributed by atoms with Crippen LogP contribution < -0.4 is 15.2 Å². The first-order valence-electron chi connectivity index (χ1n) is 14.1. The van der Waals surface area contributed by atoms with Crippen LogP contribution in [-0.2, 0) is 16.0 Å². The lowest BCUT2D eigenvalue weighted by Gasteiger charge is -2.43. The van der Waals surface area contributed by atoms with Crippen molar-refractivity contribution >= 4 is 29.9 Å². The zero-order valence-corrected chi connectivity index (χ0v) is 24.5. The number of benzene rings is 2. The molecule has 0 unspecified atom stereocenters. The van der Waals surface area contributed by atoms with Gasteiger partial charge in [0.25, 0.3) is 0 Å². The first-order chi connectivity index (χ1) is 18.9. The van der Waals surface area contributed by atoms with Gasteiger partial charge in [-0.1, -0.05) is 42.7 Å². The fraction of sp³-hybridized carbons (Fsp3) is 0.516. The number of rotatable bonds is 7. The molecule has 3 atom stereocenters. The fourth-order valence-corrected chi connectivity index (χ4v) is 6.32. The van der Waals surface area contributed by atoms with E-state index in [1.165, 1.54) is 5.56 Å². The molecule has 2 amide bonds. The highest BCUT2D eigenvalue weighted by Crippen LogP contribution is 2.40. The van der Waals surface area contributed by atoms with Crippen LogP contribution in [0.15, 0.2) is 47.6 Å². The van der Waals surface area contributed by atoms with Crippen molar-refractivity contribution in [2.75, 3.05) is 27.3 Å². The van der Waals surface area contributed by atoms with Crippen molar-refractivity contribution < 1.29 is 19.1 Å². The van der Waals surface area contributed by atoms with Gasteiger partial charge in [-0.05, 0) is 62.8 Å². The minimum atomic E-state index is -0.571. The van der Waals surface area contributed by atoms with E-state index in [1.54, 1.807) is 19.2 Å². The molecule has 0 bridgehead atoms. The molecule has 2 aromatic carbocycles. The highest BCUT2D eigenvalue weighted by molar-refractivity contribution is 6.07. The standard InChI is InChI=1S/C31H40N4O4.ClH/c1-20-8-10-21(11-9-20)18-26(32)31(37)34-16-14-23(15-17-34)35-30(36)25-7-5-4-6-24(25)29(33-35)22-12-13-27(38-2)28(19-22)39-3;/h8-13,19,23-26H,4-7,14-18,32H2,1-3H3;1H/t24-,25+,26+;/m0./s1. The molecule has 216 valence electrons. The van der Waals surface area contributed by atoms with Gasteiger partial charge >= 0.3 is 0 Å². The Balaban J connectivity index is 0.00000370. The van der Waals surface area contributed by atoms with Gasteiger partial charge in [0.05, 0.1) is 32.0 Å². The Labute approximate surface area is 243 Å². The van der Waals surface area contributed by atoms with Gasteiger partial charge in [-0.2, -0.15) is 5.10 Å². The number of hydrogen-bond donors (Lipinski definition) is 1. The van der Waals surface area contributed by atoms with E-state index in [2.05, 4.69) is 0 Å². The summed E-state index contributed by atoms with van der Waals surface area (Å²) in [6.07, 6.45) is 5.91. The summed E-state index contributed by atoms with van der Waals surface area (Å²) in [7, 11) is 3.25. The van der Waals surface area contributed by atoms with Crippen molar-refractivity contribution in [1.82, 2.24) is 9.91 Å². The first kappa shape index (κ1) is 29.9. The molecule has 1 saturated carbocycles. The Morgan fingerprint density at radius 1 is 0.975 bits per heavy atom. The van der Waals surface area contributed by atoms with E-state index in [-0.39, 0.29) is 42.1 Å². The van der Waals surface area contributed by atoms with Gasteiger partial charge in [-0.15, -0.1) is 12.4 Å². The molecular formula is C31H41ClN4O4. The third kappa shape index (κ3) is 6.13. The summed E-state index contributed by atoms with van der Waals surface area (Å²) in [4.78, 5) is 28.7. The van der Waals surface area contributed by atoms with Gasteiger partial charge in [-0.3, -0.25) is 9.59 Å². The molecule has 3 aliphatic rings. The topological polar surface area (TPSA) is 97.5 Å². The van der Waals surface area contributed by atoms with E-state index in [0.717, 1.165) is 42.5 Å². The summed E-state index contributed by atoms with van der Waals surface area (Å²) < 4.78 is 11.0. The molecule has 0 spiro atoms. The number of amides is 2. The SMILES string of the molecule is COc1ccc(C2=NN(C3CCN(C(=O)[C@H](N)Cc4ccc(C)cc4)CC3)C(=O)[C@@H]3CCCC[C@H]23)cc1OC.Cl. The van der Waals surface area contributed by atoms with Crippen LogP contribution in [0.3, 0.4) is 0 Å². The number of halogens is 1.